The van der Waals surface area contributed by atoms with Crippen LogP contribution in [0.1, 0.15) is 26.3 Å². The molecule has 6 nitrogen and oxygen atoms in total. The Labute approximate surface area is 131 Å². The van der Waals surface area contributed by atoms with E-state index in [-0.39, 0.29) is 19.2 Å². The number of amides is 1. The second kappa shape index (κ2) is 8.32. The number of hydrogen-bond acceptors (Lipinski definition) is 5. The van der Waals surface area contributed by atoms with Crippen molar-refractivity contribution in [2.24, 2.45) is 0 Å². The molecule has 22 heavy (non-hydrogen) atoms. The van der Waals surface area contributed by atoms with Crippen molar-refractivity contribution in [3.05, 3.63) is 35.9 Å². The summed E-state index contributed by atoms with van der Waals surface area (Å²) in [5.74, 6) is 0. The molecule has 0 fully saturated rings. The third-order valence-corrected chi connectivity index (χ3v) is 4.53. The molecule has 0 heterocycles. The second-order valence-electron chi connectivity index (χ2n) is 5.78. The molecule has 1 N–H and O–H groups in total. The molecule has 124 valence electrons. The molecule has 1 amide bonds. The summed E-state index contributed by atoms with van der Waals surface area (Å²) < 4.78 is 27.9. The van der Waals surface area contributed by atoms with E-state index in [2.05, 4.69) is 5.32 Å². The smallest absolute Gasteiger partial charge is 0.407 e. The highest BCUT2D eigenvalue weighted by Gasteiger charge is 2.26. The van der Waals surface area contributed by atoms with E-state index in [0.29, 0.717) is 0 Å². The van der Waals surface area contributed by atoms with Gasteiger partial charge in [-0.3, -0.25) is 4.57 Å². The Balaban J connectivity index is 2.38. The predicted octanol–water partition coefficient (Wildman–Crippen LogP) is 3.57. The fourth-order valence-electron chi connectivity index (χ4n) is 1.41. The Hall–Kier alpha value is -1.36. The van der Waals surface area contributed by atoms with Gasteiger partial charge in [-0.15, -0.1) is 0 Å². The molecule has 1 rings (SSSR count). The molecule has 1 atom stereocenters. The van der Waals surface area contributed by atoms with E-state index in [9.17, 15) is 9.36 Å². The van der Waals surface area contributed by atoms with Crippen LogP contribution >= 0.6 is 7.37 Å². The summed E-state index contributed by atoms with van der Waals surface area (Å²) in [5, 5.41) is 2.45. The van der Waals surface area contributed by atoms with Gasteiger partial charge in [-0.1, -0.05) is 30.3 Å². The van der Waals surface area contributed by atoms with Crippen LogP contribution in [-0.4, -0.2) is 31.4 Å². The number of carbonyl (C=O) groups excluding carboxylic acids is 1. The molecule has 1 aromatic carbocycles. The minimum absolute atomic E-state index is 0.0635. The molecule has 0 aromatic heterocycles. The zero-order valence-electron chi connectivity index (χ0n) is 13.5. The van der Waals surface area contributed by atoms with Crippen molar-refractivity contribution in [3.8, 4) is 0 Å². The van der Waals surface area contributed by atoms with Crippen LogP contribution in [0.4, 0.5) is 4.79 Å². The number of nitrogens with one attached hydrogen (secondary N) is 1. The van der Waals surface area contributed by atoms with Crippen LogP contribution in [-0.2, 0) is 25.2 Å². The lowest BCUT2D eigenvalue weighted by Gasteiger charge is -2.23. The van der Waals surface area contributed by atoms with Crippen molar-refractivity contribution in [1.82, 2.24) is 5.32 Å². The molecule has 7 heteroatoms. The summed E-state index contributed by atoms with van der Waals surface area (Å²) in [5.41, 5.74) is 0.450. The Kier molecular flexibility index (Phi) is 7.07. The number of hydrogen-bond donors (Lipinski definition) is 1. The summed E-state index contributed by atoms with van der Waals surface area (Å²) in [4.78, 5) is 11.6. The first kappa shape index (κ1) is 18.7. The first-order valence-electron chi connectivity index (χ1n) is 6.96. The van der Waals surface area contributed by atoms with Gasteiger partial charge in [0.25, 0.3) is 0 Å². The molecule has 0 bridgehead atoms. The molecule has 0 saturated heterocycles. The van der Waals surface area contributed by atoms with Gasteiger partial charge in [-0.25, -0.2) is 4.79 Å². The van der Waals surface area contributed by atoms with Crippen LogP contribution in [0, 0.1) is 0 Å². The first-order valence-corrected chi connectivity index (χ1v) is 8.96. The van der Waals surface area contributed by atoms with Crippen LogP contribution in [0.25, 0.3) is 0 Å². The summed E-state index contributed by atoms with van der Waals surface area (Å²) >= 11 is 0. The van der Waals surface area contributed by atoms with Gasteiger partial charge in [-0.05, 0) is 26.3 Å². The van der Waals surface area contributed by atoms with Crippen molar-refractivity contribution < 1.29 is 23.4 Å². The monoisotopic (exact) mass is 329 g/mol. The summed E-state index contributed by atoms with van der Waals surface area (Å²) in [7, 11) is -1.74. The van der Waals surface area contributed by atoms with Crippen molar-refractivity contribution in [3.63, 3.8) is 0 Å². The molecule has 0 spiro atoms. The van der Waals surface area contributed by atoms with Crippen LogP contribution in [0.2, 0.25) is 0 Å². The lowest BCUT2D eigenvalue weighted by molar-refractivity contribution is 0.0206. The fraction of sp³-hybridized carbons (Fsp3) is 0.533. The van der Waals surface area contributed by atoms with Crippen LogP contribution in [0.3, 0.4) is 0 Å². The van der Waals surface area contributed by atoms with Gasteiger partial charge < -0.3 is 19.3 Å². The number of rotatable bonds is 7. The summed E-state index contributed by atoms with van der Waals surface area (Å²) in [6.45, 7) is 5.72. The third-order valence-electron chi connectivity index (χ3n) is 2.70. The summed E-state index contributed by atoms with van der Waals surface area (Å²) in [6.07, 6.45) is -0.837. The summed E-state index contributed by atoms with van der Waals surface area (Å²) in [6, 6.07) is 9.31. The molecule has 0 aliphatic carbocycles. The molecule has 1 aromatic rings. The minimum atomic E-state index is -3.08. The topological polar surface area (TPSA) is 73.9 Å². The van der Waals surface area contributed by atoms with E-state index in [0.717, 1.165) is 5.56 Å². The van der Waals surface area contributed by atoms with Gasteiger partial charge in [0.15, 0.2) is 0 Å². The third kappa shape index (κ3) is 7.59. The maximum atomic E-state index is 12.4. The van der Waals surface area contributed by atoms with Gasteiger partial charge in [-0.2, -0.15) is 0 Å². The average molecular weight is 329 g/mol. The lowest BCUT2D eigenvalue weighted by atomic mass is 10.2. The maximum absolute atomic E-state index is 12.4. The SMILES string of the molecule is COP(=O)(CNC(=O)OCc1ccccc1)COC(C)(C)C. The van der Waals surface area contributed by atoms with Crippen molar-refractivity contribution in [1.29, 1.82) is 0 Å². The van der Waals surface area contributed by atoms with Crippen LogP contribution in [0.5, 0.6) is 0 Å². The highest BCUT2D eigenvalue weighted by atomic mass is 31.2. The van der Waals surface area contributed by atoms with Gasteiger partial charge in [0.05, 0.1) is 5.60 Å². The van der Waals surface area contributed by atoms with Crippen molar-refractivity contribution >= 4 is 13.5 Å². The first-order chi connectivity index (χ1) is 10.2. The Bertz CT molecular complexity index is 512. The fourth-order valence-corrected chi connectivity index (χ4v) is 2.69. The molecule has 1 unspecified atom stereocenters. The molecular weight excluding hydrogens is 305 g/mol. The Morgan fingerprint density at radius 1 is 1.23 bits per heavy atom. The number of ether oxygens (including phenoxy) is 2. The highest BCUT2D eigenvalue weighted by Crippen LogP contribution is 2.45. The quantitative estimate of drug-likeness (QED) is 0.774. The number of alkyl carbamates (subject to hydrolysis) is 1. The minimum Gasteiger partial charge on any atom is -0.445 e. The lowest BCUT2D eigenvalue weighted by Crippen LogP contribution is -2.28. The van der Waals surface area contributed by atoms with E-state index in [1.807, 2.05) is 51.1 Å². The van der Waals surface area contributed by atoms with E-state index in [4.69, 9.17) is 14.0 Å². The number of carbonyl (C=O) groups is 1. The van der Waals surface area contributed by atoms with Crippen molar-refractivity contribution in [2.45, 2.75) is 33.0 Å². The zero-order chi connectivity index (χ0) is 16.6. The van der Waals surface area contributed by atoms with Crippen LogP contribution in [0.15, 0.2) is 30.3 Å². The number of benzene rings is 1. The standard InChI is InChI=1S/C15H24NO5P/c1-15(2,3)21-12-22(18,19-4)11-16-14(17)20-10-13-8-6-5-7-9-13/h5-9H,10-12H2,1-4H3,(H,16,17). The maximum Gasteiger partial charge on any atom is 0.407 e. The molecular formula is C15H24NO5P. The van der Waals surface area contributed by atoms with E-state index >= 15 is 0 Å². The average Bonchev–Trinajstić information content (AvgIpc) is 2.49. The van der Waals surface area contributed by atoms with E-state index in [1.54, 1.807) is 0 Å². The molecule has 0 aliphatic heterocycles. The molecule has 0 radical (unpaired) electrons. The van der Waals surface area contributed by atoms with Crippen molar-refractivity contribution in [2.75, 3.05) is 19.7 Å². The van der Waals surface area contributed by atoms with E-state index < -0.39 is 19.1 Å². The largest absolute Gasteiger partial charge is 0.445 e. The van der Waals surface area contributed by atoms with Crippen LogP contribution < -0.4 is 5.32 Å². The highest BCUT2D eigenvalue weighted by molar-refractivity contribution is 7.58. The van der Waals surface area contributed by atoms with Gasteiger partial charge in [0, 0.05) is 7.11 Å². The van der Waals surface area contributed by atoms with Gasteiger partial charge in [0.2, 0.25) is 7.37 Å². The second-order valence-corrected chi connectivity index (χ2v) is 8.35. The van der Waals surface area contributed by atoms with Gasteiger partial charge >= 0.3 is 6.09 Å². The molecule has 0 aliphatic rings. The normalized spacial score (nSPS) is 14.2. The zero-order valence-corrected chi connectivity index (χ0v) is 14.4. The Morgan fingerprint density at radius 2 is 1.86 bits per heavy atom. The predicted molar refractivity (Wildman–Crippen MR) is 85.0 cm³/mol. The Morgan fingerprint density at radius 3 is 2.41 bits per heavy atom. The van der Waals surface area contributed by atoms with Gasteiger partial charge in [0.1, 0.15) is 19.2 Å². The van der Waals surface area contributed by atoms with E-state index in [1.165, 1.54) is 7.11 Å². The molecule has 0 saturated carbocycles.